The quantitative estimate of drug-likeness (QED) is 0.328. The summed E-state index contributed by atoms with van der Waals surface area (Å²) in [5, 5.41) is 4.28. The molecule has 0 aliphatic heterocycles. The van der Waals surface area contributed by atoms with Crippen LogP contribution in [0.2, 0.25) is 0 Å². The summed E-state index contributed by atoms with van der Waals surface area (Å²) in [6, 6.07) is 32.5. The van der Waals surface area contributed by atoms with Gasteiger partial charge in [0, 0.05) is 35.3 Å². The maximum Gasteiger partial charge on any atom is 0.268 e. The first kappa shape index (κ1) is 22.4. The van der Waals surface area contributed by atoms with E-state index in [0.717, 1.165) is 33.2 Å². The van der Waals surface area contributed by atoms with Gasteiger partial charge in [-0.05, 0) is 35.4 Å². The Hall–Kier alpha value is -5.10. The Kier molecular flexibility index (Phi) is 5.75. The van der Waals surface area contributed by atoms with Crippen molar-refractivity contribution in [2.75, 3.05) is 0 Å². The molecule has 0 aliphatic rings. The number of rotatable bonds is 5. The molecule has 0 unspecified atom stereocenters. The lowest BCUT2D eigenvalue weighted by molar-refractivity contribution is 0.0946. The van der Waals surface area contributed by atoms with Crippen LogP contribution in [0.5, 0.6) is 0 Å². The number of pyridine rings is 3. The number of hydrogen-bond acceptors (Lipinski definition) is 4. The first-order chi connectivity index (χ1) is 18.2. The summed E-state index contributed by atoms with van der Waals surface area (Å²) in [5.41, 5.74) is 5.51. The van der Waals surface area contributed by atoms with Crippen LogP contribution in [0.3, 0.4) is 0 Å². The van der Waals surface area contributed by atoms with Crippen LogP contribution in [-0.2, 0) is 6.54 Å². The number of nitrogens with one attached hydrogen (secondary N) is 2. The summed E-state index contributed by atoms with van der Waals surface area (Å²) in [5.74, 6) is -0.364. The van der Waals surface area contributed by atoms with E-state index in [0.29, 0.717) is 23.3 Å². The fourth-order valence-electron chi connectivity index (χ4n) is 4.44. The standard InChI is InChI=1S/C31H22N4O2/c36-28-18-27(31(37)33-19-20-8-3-1-4-9-20)34-30-25(28)17-24(29(35-30)21-10-5-2-6-11-21)22-13-14-26-23(16-22)12-7-15-32-26/h1-18H,19H2,(H,33,37)(H,34,35,36). The number of aromatic amines is 1. The van der Waals surface area contributed by atoms with Crippen molar-refractivity contribution in [1.29, 1.82) is 0 Å². The molecule has 6 rings (SSSR count). The number of hydrogen-bond donors (Lipinski definition) is 2. The summed E-state index contributed by atoms with van der Waals surface area (Å²) in [6.45, 7) is 0.359. The van der Waals surface area contributed by atoms with E-state index in [-0.39, 0.29) is 17.0 Å². The molecule has 0 spiro atoms. The van der Waals surface area contributed by atoms with Crippen LogP contribution in [-0.4, -0.2) is 20.9 Å². The minimum Gasteiger partial charge on any atom is -0.347 e. The normalized spacial score (nSPS) is 11.0. The van der Waals surface area contributed by atoms with Gasteiger partial charge in [-0.15, -0.1) is 0 Å². The van der Waals surface area contributed by atoms with E-state index >= 15 is 0 Å². The molecule has 6 aromatic rings. The lowest BCUT2D eigenvalue weighted by atomic mass is 9.97. The van der Waals surface area contributed by atoms with E-state index in [9.17, 15) is 9.59 Å². The van der Waals surface area contributed by atoms with E-state index in [4.69, 9.17) is 4.98 Å². The number of nitrogens with zero attached hydrogens (tertiary/aromatic N) is 2. The molecule has 0 saturated carbocycles. The average Bonchev–Trinajstić information content (AvgIpc) is 2.96. The van der Waals surface area contributed by atoms with E-state index < -0.39 is 0 Å². The second kappa shape index (κ2) is 9.51. The van der Waals surface area contributed by atoms with Crippen molar-refractivity contribution < 1.29 is 4.79 Å². The average molecular weight is 483 g/mol. The molecule has 3 aromatic heterocycles. The van der Waals surface area contributed by atoms with Gasteiger partial charge < -0.3 is 10.3 Å². The molecule has 3 heterocycles. The maximum absolute atomic E-state index is 13.2. The molecule has 0 bridgehead atoms. The zero-order chi connectivity index (χ0) is 25.2. The summed E-state index contributed by atoms with van der Waals surface area (Å²) >= 11 is 0. The summed E-state index contributed by atoms with van der Waals surface area (Å²) in [7, 11) is 0. The van der Waals surface area contributed by atoms with Crippen molar-refractivity contribution in [2.45, 2.75) is 6.54 Å². The van der Waals surface area contributed by atoms with Crippen LogP contribution in [0.1, 0.15) is 16.1 Å². The number of H-pyrrole nitrogens is 1. The summed E-state index contributed by atoms with van der Waals surface area (Å²) < 4.78 is 0. The number of benzene rings is 3. The molecule has 2 N–H and O–H groups in total. The van der Waals surface area contributed by atoms with Crippen LogP contribution >= 0.6 is 0 Å². The fourth-order valence-corrected chi connectivity index (χ4v) is 4.44. The van der Waals surface area contributed by atoms with Crippen molar-refractivity contribution in [2.24, 2.45) is 0 Å². The lowest BCUT2D eigenvalue weighted by Crippen LogP contribution is -2.25. The predicted molar refractivity (Wildman–Crippen MR) is 146 cm³/mol. The molecular weight excluding hydrogens is 460 g/mol. The Morgan fingerprint density at radius 1 is 0.811 bits per heavy atom. The van der Waals surface area contributed by atoms with Gasteiger partial charge in [-0.2, -0.15) is 0 Å². The number of amides is 1. The number of carbonyl (C=O) groups is 1. The van der Waals surface area contributed by atoms with Gasteiger partial charge in [-0.3, -0.25) is 14.6 Å². The van der Waals surface area contributed by atoms with Crippen LogP contribution < -0.4 is 10.7 Å². The number of carbonyl (C=O) groups excluding carboxylic acids is 1. The van der Waals surface area contributed by atoms with E-state index in [1.54, 1.807) is 6.20 Å². The third-order valence-electron chi connectivity index (χ3n) is 6.32. The zero-order valence-corrected chi connectivity index (χ0v) is 19.8. The van der Waals surface area contributed by atoms with Crippen molar-refractivity contribution in [3.05, 3.63) is 131 Å². The van der Waals surface area contributed by atoms with Gasteiger partial charge in [-0.1, -0.05) is 72.8 Å². The van der Waals surface area contributed by atoms with Crippen LogP contribution in [0.15, 0.2) is 114 Å². The highest BCUT2D eigenvalue weighted by molar-refractivity contribution is 5.97. The maximum atomic E-state index is 13.2. The molecule has 178 valence electrons. The third-order valence-corrected chi connectivity index (χ3v) is 6.32. The molecular formula is C31H22N4O2. The third kappa shape index (κ3) is 4.48. The van der Waals surface area contributed by atoms with Gasteiger partial charge in [0.05, 0.1) is 16.6 Å². The summed E-state index contributed by atoms with van der Waals surface area (Å²) in [4.78, 5) is 38.4. The van der Waals surface area contributed by atoms with Gasteiger partial charge in [0.25, 0.3) is 5.91 Å². The Balaban J connectivity index is 1.47. The summed E-state index contributed by atoms with van der Waals surface area (Å²) in [6.07, 6.45) is 1.77. The fraction of sp³-hybridized carbons (Fsp3) is 0.0323. The molecule has 6 nitrogen and oxygen atoms in total. The zero-order valence-electron chi connectivity index (χ0n) is 19.8. The van der Waals surface area contributed by atoms with Gasteiger partial charge >= 0.3 is 0 Å². The minimum atomic E-state index is -0.364. The molecule has 0 aliphatic carbocycles. The lowest BCUT2D eigenvalue weighted by Gasteiger charge is -2.13. The Labute approximate surface area is 212 Å². The van der Waals surface area contributed by atoms with Crippen molar-refractivity contribution >= 4 is 27.8 Å². The molecule has 0 fully saturated rings. The number of fused-ring (bicyclic) bond motifs is 2. The molecule has 1 amide bonds. The van der Waals surface area contributed by atoms with E-state index in [2.05, 4.69) is 21.4 Å². The topological polar surface area (TPSA) is 87.7 Å². The number of aromatic nitrogens is 3. The smallest absolute Gasteiger partial charge is 0.268 e. The van der Waals surface area contributed by atoms with Crippen LogP contribution in [0.25, 0.3) is 44.3 Å². The van der Waals surface area contributed by atoms with Gasteiger partial charge in [-0.25, -0.2) is 4.98 Å². The second-order valence-electron chi connectivity index (χ2n) is 8.77. The van der Waals surface area contributed by atoms with Gasteiger partial charge in [0.15, 0.2) is 5.43 Å². The monoisotopic (exact) mass is 482 g/mol. The molecule has 0 atom stereocenters. The van der Waals surface area contributed by atoms with Crippen molar-refractivity contribution in [1.82, 2.24) is 20.3 Å². The predicted octanol–water partition coefficient (Wildman–Crippen LogP) is 5.74. The highest BCUT2D eigenvalue weighted by Crippen LogP contribution is 2.33. The minimum absolute atomic E-state index is 0.171. The highest BCUT2D eigenvalue weighted by atomic mass is 16.2. The van der Waals surface area contributed by atoms with Crippen LogP contribution in [0, 0.1) is 0 Å². The van der Waals surface area contributed by atoms with Crippen molar-refractivity contribution in [3.8, 4) is 22.4 Å². The Morgan fingerprint density at radius 3 is 2.41 bits per heavy atom. The Morgan fingerprint density at radius 2 is 1.59 bits per heavy atom. The van der Waals surface area contributed by atoms with Crippen molar-refractivity contribution in [3.63, 3.8) is 0 Å². The molecule has 37 heavy (non-hydrogen) atoms. The van der Waals surface area contributed by atoms with Crippen LogP contribution in [0.4, 0.5) is 0 Å². The molecule has 3 aromatic carbocycles. The molecule has 0 radical (unpaired) electrons. The largest absolute Gasteiger partial charge is 0.347 e. The highest BCUT2D eigenvalue weighted by Gasteiger charge is 2.16. The van der Waals surface area contributed by atoms with Gasteiger partial charge in [0.1, 0.15) is 11.3 Å². The SMILES string of the molecule is O=C(NCc1ccccc1)c1cc(=O)c2cc(-c3ccc4ncccc4c3)c(-c3ccccc3)nc2[nH]1. The molecule has 0 saturated heterocycles. The first-order valence-corrected chi connectivity index (χ1v) is 12.0. The Bertz CT molecular complexity index is 1810. The van der Waals surface area contributed by atoms with Gasteiger partial charge in [0.2, 0.25) is 0 Å². The second-order valence-corrected chi connectivity index (χ2v) is 8.77. The van der Waals surface area contributed by atoms with E-state index in [1.807, 2.05) is 91.0 Å². The molecule has 6 heteroatoms. The van der Waals surface area contributed by atoms with E-state index in [1.165, 1.54) is 6.07 Å². The first-order valence-electron chi connectivity index (χ1n) is 12.0.